The fraction of sp³-hybridized carbons (Fsp3) is 0.800. The Hall–Kier alpha value is -1.06. The van der Waals surface area contributed by atoms with Crippen LogP contribution in [-0.4, -0.2) is 24.5 Å². The van der Waals surface area contributed by atoms with Crippen molar-refractivity contribution in [3.05, 3.63) is 0 Å². The minimum Gasteiger partial charge on any atom is -0.466 e. The molecule has 0 aromatic heterocycles. The van der Waals surface area contributed by atoms with Gasteiger partial charge in [0.1, 0.15) is 0 Å². The van der Waals surface area contributed by atoms with Gasteiger partial charge in [0, 0.05) is 18.9 Å². The SMILES string of the molecule is CCC1NC(=O)C1C(C)COC(C)=O. The Morgan fingerprint density at radius 1 is 1.64 bits per heavy atom. The highest BCUT2D eigenvalue weighted by Gasteiger charge is 2.41. The summed E-state index contributed by atoms with van der Waals surface area (Å²) >= 11 is 0. The summed E-state index contributed by atoms with van der Waals surface area (Å²) in [7, 11) is 0. The summed E-state index contributed by atoms with van der Waals surface area (Å²) < 4.78 is 4.88. The van der Waals surface area contributed by atoms with Gasteiger partial charge in [0.15, 0.2) is 0 Å². The van der Waals surface area contributed by atoms with Crippen molar-refractivity contribution >= 4 is 11.9 Å². The fourth-order valence-electron chi connectivity index (χ4n) is 1.82. The highest BCUT2D eigenvalue weighted by atomic mass is 16.5. The molecule has 1 rings (SSSR count). The van der Waals surface area contributed by atoms with Gasteiger partial charge < -0.3 is 10.1 Å². The average Bonchev–Trinajstić information content (AvgIpc) is 2.10. The number of carbonyl (C=O) groups is 2. The molecule has 1 fully saturated rings. The van der Waals surface area contributed by atoms with Crippen molar-refractivity contribution in [1.29, 1.82) is 0 Å². The third kappa shape index (κ3) is 2.25. The van der Waals surface area contributed by atoms with Crippen LogP contribution < -0.4 is 5.32 Å². The highest BCUT2D eigenvalue weighted by molar-refractivity contribution is 5.86. The molecule has 4 heteroatoms. The second-order valence-corrected chi connectivity index (χ2v) is 3.83. The maximum Gasteiger partial charge on any atom is 0.302 e. The number of β-lactam (4-membered cyclic amide) rings is 1. The molecule has 0 spiro atoms. The molecule has 14 heavy (non-hydrogen) atoms. The molecule has 80 valence electrons. The standard InChI is InChI=1S/C10H17NO3/c1-4-8-9(10(13)11-8)6(2)5-14-7(3)12/h6,8-9H,4-5H2,1-3H3,(H,11,13). The van der Waals surface area contributed by atoms with E-state index in [1.807, 2.05) is 13.8 Å². The van der Waals surface area contributed by atoms with E-state index in [-0.39, 0.29) is 29.8 Å². The lowest BCUT2D eigenvalue weighted by atomic mass is 9.79. The fourth-order valence-corrected chi connectivity index (χ4v) is 1.82. The van der Waals surface area contributed by atoms with Gasteiger partial charge in [0.25, 0.3) is 0 Å². The van der Waals surface area contributed by atoms with Gasteiger partial charge >= 0.3 is 5.97 Å². The predicted octanol–water partition coefficient (Wildman–Crippen LogP) is 0.710. The lowest BCUT2D eigenvalue weighted by Crippen LogP contribution is -2.60. The van der Waals surface area contributed by atoms with E-state index < -0.39 is 0 Å². The van der Waals surface area contributed by atoms with Crippen molar-refractivity contribution < 1.29 is 14.3 Å². The lowest BCUT2D eigenvalue weighted by molar-refractivity contribution is -0.148. The Morgan fingerprint density at radius 2 is 2.29 bits per heavy atom. The zero-order valence-electron chi connectivity index (χ0n) is 8.87. The van der Waals surface area contributed by atoms with Crippen LogP contribution in [0.25, 0.3) is 0 Å². The van der Waals surface area contributed by atoms with Gasteiger partial charge in [0.05, 0.1) is 12.5 Å². The van der Waals surface area contributed by atoms with Gasteiger partial charge in [-0.1, -0.05) is 13.8 Å². The van der Waals surface area contributed by atoms with Crippen molar-refractivity contribution in [3.63, 3.8) is 0 Å². The number of hydrogen-bond donors (Lipinski definition) is 1. The second-order valence-electron chi connectivity index (χ2n) is 3.83. The molecule has 1 N–H and O–H groups in total. The zero-order valence-corrected chi connectivity index (χ0v) is 8.87. The first-order chi connectivity index (χ1) is 6.56. The van der Waals surface area contributed by atoms with Gasteiger partial charge in [-0.3, -0.25) is 9.59 Å². The molecular formula is C10H17NO3. The van der Waals surface area contributed by atoms with Crippen LogP contribution >= 0.6 is 0 Å². The first-order valence-electron chi connectivity index (χ1n) is 5.00. The molecular weight excluding hydrogens is 182 g/mol. The Bertz CT molecular complexity index is 240. The molecule has 0 bridgehead atoms. The smallest absolute Gasteiger partial charge is 0.302 e. The van der Waals surface area contributed by atoms with E-state index in [9.17, 15) is 9.59 Å². The molecule has 1 saturated heterocycles. The number of amides is 1. The van der Waals surface area contributed by atoms with Gasteiger partial charge in [-0.05, 0) is 6.42 Å². The summed E-state index contributed by atoms with van der Waals surface area (Å²) in [4.78, 5) is 21.8. The number of esters is 1. The topological polar surface area (TPSA) is 55.4 Å². The molecule has 1 heterocycles. The molecule has 3 unspecified atom stereocenters. The molecule has 0 aliphatic carbocycles. The zero-order chi connectivity index (χ0) is 10.7. The third-order valence-electron chi connectivity index (χ3n) is 2.67. The number of carbonyl (C=O) groups excluding carboxylic acids is 2. The summed E-state index contributed by atoms with van der Waals surface area (Å²) in [6.45, 7) is 5.69. The maximum atomic E-state index is 11.2. The summed E-state index contributed by atoms with van der Waals surface area (Å²) in [5.41, 5.74) is 0. The lowest BCUT2D eigenvalue weighted by Gasteiger charge is -2.39. The quantitative estimate of drug-likeness (QED) is 0.536. The summed E-state index contributed by atoms with van der Waals surface area (Å²) in [6, 6.07) is 0.257. The highest BCUT2D eigenvalue weighted by Crippen LogP contribution is 2.26. The van der Waals surface area contributed by atoms with E-state index in [0.29, 0.717) is 6.61 Å². The van der Waals surface area contributed by atoms with Crippen LogP contribution in [-0.2, 0) is 14.3 Å². The first-order valence-corrected chi connectivity index (χ1v) is 5.00. The molecule has 0 radical (unpaired) electrons. The van der Waals surface area contributed by atoms with Crippen LogP contribution in [0.15, 0.2) is 0 Å². The van der Waals surface area contributed by atoms with Crippen molar-refractivity contribution in [2.24, 2.45) is 11.8 Å². The normalized spacial score (nSPS) is 27.5. The van der Waals surface area contributed by atoms with Crippen LogP contribution in [0.5, 0.6) is 0 Å². The first kappa shape index (κ1) is 11.0. The minimum absolute atomic E-state index is 0.0133. The predicted molar refractivity (Wildman–Crippen MR) is 51.5 cm³/mol. The van der Waals surface area contributed by atoms with E-state index in [1.54, 1.807) is 0 Å². The molecule has 0 aromatic carbocycles. The average molecular weight is 199 g/mol. The van der Waals surface area contributed by atoms with Crippen LogP contribution in [0, 0.1) is 11.8 Å². The van der Waals surface area contributed by atoms with Gasteiger partial charge in [-0.15, -0.1) is 0 Å². The Morgan fingerprint density at radius 3 is 2.71 bits per heavy atom. The molecule has 1 amide bonds. The summed E-state index contributed by atoms with van der Waals surface area (Å²) in [5, 5.41) is 2.83. The number of nitrogens with one attached hydrogen (secondary N) is 1. The molecule has 0 aromatic rings. The van der Waals surface area contributed by atoms with Crippen molar-refractivity contribution in [2.45, 2.75) is 33.2 Å². The second kappa shape index (κ2) is 4.44. The monoisotopic (exact) mass is 199 g/mol. The van der Waals surface area contributed by atoms with Crippen molar-refractivity contribution in [1.82, 2.24) is 5.32 Å². The Labute approximate surface area is 84.0 Å². The number of hydrogen-bond acceptors (Lipinski definition) is 3. The Balaban J connectivity index is 2.39. The van der Waals surface area contributed by atoms with Crippen molar-refractivity contribution in [3.8, 4) is 0 Å². The third-order valence-corrected chi connectivity index (χ3v) is 2.67. The summed E-state index contributed by atoms with van der Waals surface area (Å²) in [6.07, 6.45) is 0.931. The minimum atomic E-state index is -0.287. The molecule has 0 saturated carbocycles. The van der Waals surface area contributed by atoms with E-state index in [0.717, 1.165) is 6.42 Å². The molecule has 4 nitrogen and oxygen atoms in total. The molecule has 1 aliphatic rings. The molecule has 1 aliphatic heterocycles. The largest absolute Gasteiger partial charge is 0.466 e. The summed E-state index contributed by atoms with van der Waals surface area (Å²) in [5.74, 6) is -0.0851. The van der Waals surface area contributed by atoms with Crippen LogP contribution in [0.3, 0.4) is 0 Å². The Kier molecular flexibility index (Phi) is 3.49. The molecule has 3 atom stereocenters. The van der Waals surface area contributed by atoms with E-state index in [1.165, 1.54) is 6.92 Å². The van der Waals surface area contributed by atoms with E-state index in [2.05, 4.69) is 5.32 Å². The van der Waals surface area contributed by atoms with Crippen molar-refractivity contribution in [2.75, 3.05) is 6.61 Å². The van der Waals surface area contributed by atoms with Crippen LogP contribution in [0.2, 0.25) is 0 Å². The van der Waals surface area contributed by atoms with Crippen LogP contribution in [0.4, 0.5) is 0 Å². The maximum absolute atomic E-state index is 11.2. The van der Waals surface area contributed by atoms with Gasteiger partial charge in [0.2, 0.25) is 5.91 Å². The van der Waals surface area contributed by atoms with E-state index >= 15 is 0 Å². The number of rotatable bonds is 4. The number of ether oxygens (including phenoxy) is 1. The van der Waals surface area contributed by atoms with E-state index in [4.69, 9.17) is 4.74 Å². The van der Waals surface area contributed by atoms with Crippen LogP contribution in [0.1, 0.15) is 27.2 Å². The van der Waals surface area contributed by atoms with Gasteiger partial charge in [-0.25, -0.2) is 0 Å². The van der Waals surface area contributed by atoms with Gasteiger partial charge in [-0.2, -0.15) is 0 Å².